The molecule has 0 fully saturated rings. The van der Waals surface area contributed by atoms with E-state index in [9.17, 15) is 4.39 Å². The van der Waals surface area contributed by atoms with Crippen LogP contribution in [0.25, 0.3) is 0 Å². The summed E-state index contributed by atoms with van der Waals surface area (Å²) in [6.07, 6.45) is 0.471. The van der Waals surface area contributed by atoms with Gasteiger partial charge in [0, 0.05) is 9.35 Å². The molecule has 2 rings (SSSR count). The summed E-state index contributed by atoms with van der Waals surface area (Å²) in [5, 5.41) is 0. The topological polar surface area (TPSA) is 38.0 Å². The first-order valence-electron chi connectivity index (χ1n) is 5.25. The summed E-state index contributed by atoms with van der Waals surface area (Å²) in [6.45, 7) is 0. The summed E-state index contributed by atoms with van der Waals surface area (Å²) in [4.78, 5) is 0.988. The van der Waals surface area contributed by atoms with Gasteiger partial charge in [-0.3, -0.25) is 11.3 Å². The Morgan fingerprint density at radius 2 is 2.17 bits per heavy atom. The van der Waals surface area contributed by atoms with Crippen molar-refractivity contribution >= 4 is 38.9 Å². The van der Waals surface area contributed by atoms with Crippen molar-refractivity contribution in [3.05, 3.63) is 55.4 Å². The molecule has 0 radical (unpaired) electrons. The van der Waals surface area contributed by atoms with Crippen molar-refractivity contribution in [3.63, 3.8) is 0 Å². The molecule has 0 spiro atoms. The van der Waals surface area contributed by atoms with Crippen molar-refractivity contribution in [2.24, 2.45) is 5.84 Å². The van der Waals surface area contributed by atoms with E-state index in [4.69, 9.17) is 17.4 Å². The minimum atomic E-state index is -0.235. The van der Waals surface area contributed by atoms with Crippen LogP contribution in [0.1, 0.15) is 16.5 Å². The minimum Gasteiger partial charge on any atom is -0.271 e. The average Bonchev–Trinajstić information content (AvgIpc) is 2.77. The zero-order valence-corrected chi connectivity index (χ0v) is 12.4. The predicted octanol–water partition coefficient (Wildman–Crippen LogP) is 4.05. The summed E-state index contributed by atoms with van der Waals surface area (Å²) < 4.78 is 15.2. The van der Waals surface area contributed by atoms with Crippen LogP contribution in [-0.2, 0) is 6.42 Å². The van der Waals surface area contributed by atoms with Crippen molar-refractivity contribution in [1.82, 2.24) is 5.43 Å². The Hall–Kier alpha value is -0.460. The van der Waals surface area contributed by atoms with Gasteiger partial charge in [0.15, 0.2) is 0 Å². The van der Waals surface area contributed by atoms with Gasteiger partial charge in [0.1, 0.15) is 5.82 Å². The maximum atomic E-state index is 13.7. The highest BCUT2D eigenvalue weighted by atomic mass is 79.9. The number of nitrogens with two attached hydrogens (primary N) is 1. The fraction of sp³-hybridized carbons (Fsp3) is 0.167. The minimum absolute atomic E-state index is 0.147. The summed E-state index contributed by atoms with van der Waals surface area (Å²) in [6, 6.07) is 8.43. The quantitative estimate of drug-likeness (QED) is 0.645. The molecule has 0 amide bonds. The molecule has 0 saturated carbocycles. The Bertz CT molecular complexity index is 547. The number of halogens is 3. The van der Waals surface area contributed by atoms with Crippen molar-refractivity contribution in [1.29, 1.82) is 0 Å². The number of hydrazine groups is 1. The van der Waals surface area contributed by atoms with E-state index < -0.39 is 0 Å². The third kappa shape index (κ3) is 3.30. The molecule has 3 N–H and O–H groups in total. The van der Waals surface area contributed by atoms with Crippen LogP contribution in [0.3, 0.4) is 0 Å². The molecule has 96 valence electrons. The Kier molecular flexibility index (Phi) is 4.75. The maximum absolute atomic E-state index is 13.7. The number of hydrogen-bond acceptors (Lipinski definition) is 3. The fourth-order valence-corrected chi connectivity index (χ4v) is 3.21. The second kappa shape index (κ2) is 6.12. The first-order valence-corrected chi connectivity index (χ1v) is 7.24. The first kappa shape index (κ1) is 14.0. The van der Waals surface area contributed by atoms with Crippen LogP contribution in [-0.4, -0.2) is 0 Å². The van der Waals surface area contributed by atoms with E-state index in [1.807, 2.05) is 12.1 Å². The molecule has 0 bridgehead atoms. The van der Waals surface area contributed by atoms with E-state index in [0.29, 0.717) is 16.3 Å². The molecule has 1 aromatic heterocycles. The van der Waals surface area contributed by atoms with E-state index in [2.05, 4.69) is 21.4 Å². The molecule has 2 aromatic rings. The second-order valence-corrected chi connectivity index (χ2v) is 6.46. The zero-order chi connectivity index (χ0) is 13.1. The van der Waals surface area contributed by atoms with Crippen molar-refractivity contribution in [2.75, 3.05) is 0 Å². The molecule has 0 aliphatic rings. The van der Waals surface area contributed by atoms with Gasteiger partial charge in [0.25, 0.3) is 0 Å². The van der Waals surface area contributed by atoms with Crippen LogP contribution in [0, 0.1) is 5.82 Å². The molecule has 18 heavy (non-hydrogen) atoms. The van der Waals surface area contributed by atoms with Crippen molar-refractivity contribution in [2.45, 2.75) is 12.5 Å². The van der Waals surface area contributed by atoms with Crippen LogP contribution >= 0.6 is 38.9 Å². The van der Waals surface area contributed by atoms with Crippen LogP contribution in [0.5, 0.6) is 0 Å². The Morgan fingerprint density at radius 3 is 2.78 bits per heavy atom. The molecule has 6 heteroatoms. The van der Waals surface area contributed by atoms with Gasteiger partial charge in [-0.2, -0.15) is 0 Å². The molecule has 1 heterocycles. The van der Waals surface area contributed by atoms with Gasteiger partial charge in [-0.1, -0.05) is 27.5 Å². The number of nitrogens with one attached hydrogen (secondary N) is 1. The van der Waals surface area contributed by atoms with Crippen LogP contribution in [0.2, 0.25) is 4.34 Å². The third-order valence-corrected chi connectivity index (χ3v) is 4.41. The summed E-state index contributed by atoms with van der Waals surface area (Å²) >= 11 is 10.7. The van der Waals surface area contributed by atoms with Crippen molar-refractivity contribution < 1.29 is 4.39 Å². The van der Waals surface area contributed by atoms with Gasteiger partial charge in [-0.05, 0) is 42.3 Å². The molecule has 1 aromatic carbocycles. The lowest BCUT2D eigenvalue weighted by Crippen LogP contribution is -2.29. The SMILES string of the molecule is NNC(Cc1cc(Br)ccc1F)c1ccc(Cl)s1. The highest BCUT2D eigenvalue weighted by Gasteiger charge is 2.15. The summed E-state index contributed by atoms with van der Waals surface area (Å²) in [5.74, 6) is 5.29. The monoisotopic (exact) mass is 348 g/mol. The summed E-state index contributed by atoms with van der Waals surface area (Å²) in [7, 11) is 0. The average molecular weight is 350 g/mol. The smallest absolute Gasteiger partial charge is 0.126 e. The number of benzene rings is 1. The van der Waals surface area contributed by atoms with E-state index in [1.54, 1.807) is 12.1 Å². The van der Waals surface area contributed by atoms with Gasteiger partial charge in [-0.25, -0.2) is 4.39 Å². The fourth-order valence-electron chi connectivity index (χ4n) is 1.68. The molecule has 0 aliphatic heterocycles. The Labute approximate surface area is 122 Å². The molecule has 1 unspecified atom stereocenters. The highest BCUT2D eigenvalue weighted by Crippen LogP contribution is 2.29. The zero-order valence-electron chi connectivity index (χ0n) is 9.29. The van der Waals surface area contributed by atoms with E-state index in [0.717, 1.165) is 9.35 Å². The number of rotatable bonds is 4. The second-order valence-electron chi connectivity index (χ2n) is 3.80. The molecular weight excluding hydrogens is 339 g/mol. The Morgan fingerprint density at radius 1 is 1.39 bits per heavy atom. The molecule has 0 aliphatic carbocycles. The lowest BCUT2D eigenvalue weighted by atomic mass is 10.0. The molecule has 2 nitrogen and oxygen atoms in total. The van der Waals surface area contributed by atoms with Gasteiger partial charge < -0.3 is 0 Å². The van der Waals surface area contributed by atoms with Gasteiger partial charge in [0.05, 0.1) is 10.4 Å². The van der Waals surface area contributed by atoms with E-state index in [-0.39, 0.29) is 11.9 Å². The molecular formula is C12H11BrClFN2S. The van der Waals surface area contributed by atoms with Crippen LogP contribution < -0.4 is 11.3 Å². The highest BCUT2D eigenvalue weighted by molar-refractivity contribution is 9.10. The Balaban J connectivity index is 2.22. The van der Waals surface area contributed by atoms with Crippen LogP contribution in [0.4, 0.5) is 4.39 Å². The van der Waals surface area contributed by atoms with Gasteiger partial charge >= 0.3 is 0 Å². The number of thiophene rings is 1. The third-order valence-electron chi connectivity index (χ3n) is 2.57. The largest absolute Gasteiger partial charge is 0.271 e. The van der Waals surface area contributed by atoms with E-state index in [1.165, 1.54) is 17.4 Å². The lowest BCUT2D eigenvalue weighted by Gasteiger charge is -2.14. The van der Waals surface area contributed by atoms with Crippen molar-refractivity contribution in [3.8, 4) is 0 Å². The molecule has 0 saturated heterocycles. The standard InChI is InChI=1S/C12H11BrClFN2S/c13-8-1-2-9(15)7(5-8)6-10(17-16)11-3-4-12(14)18-11/h1-5,10,17H,6,16H2. The predicted molar refractivity (Wildman–Crippen MR) is 77.2 cm³/mol. The van der Waals surface area contributed by atoms with E-state index >= 15 is 0 Å². The van der Waals surface area contributed by atoms with Gasteiger partial charge in [-0.15, -0.1) is 11.3 Å². The lowest BCUT2D eigenvalue weighted by molar-refractivity contribution is 0.535. The number of hydrogen-bond donors (Lipinski definition) is 2. The maximum Gasteiger partial charge on any atom is 0.126 e. The molecule has 1 atom stereocenters. The van der Waals surface area contributed by atoms with Crippen LogP contribution in [0.15, 0.2) is 34.8 Å². The first-order chi connectivity index (χ1) is 8.60. The summed E-state index contributed by atoms with van der Waals surface area (Å²) in [5.41, 5.74) is 3.30. The normalized spacial score (nSPS) is 12.7. The van der Waals surface area contributed by atoms with Gasteiger partial charge in [0.2, 0.25) is 0 Å².